The fourth-order valence-electron chi connectivity index (χ4n) is 5.82. The largest absolute Gasteiger partial charge is 0.492 e. The summed E-state index contributed by atoms with van der Waals surface area (Å²) in [5.41, 5.74) is 11.5. The highest BCUT2D eigenvalue weighted by molar-refractivity contribution is 5.88. The maximum atomic E-state index is 10.6. The van der Waals surface area contributed by atoms with Crippen molar-refractivity contribution in [3.05, 3.63) is 54.1 Å². The highest BCUT2D eigenvalue weighted by atomic mass is 19.4. The number of carboxylic acid groups (broad SMARTS) is 2. The van der Waals surface area contributed by atoms with Crippen LogP contribution in [0.5, 0.6) is 5.75 Å². The number of aliphatic carboxylic acids is 2. The molecular formula is C31H37F6N3O5. The maximum absolute atomic E-state index is 10.6. The van der Waals surface area contributed by atoms with E-state index in [4.69, 9.17) is 30.3 Å². The second kappa shape index (κ2) is 15.0. The molecule has 2 aromatic carbocycles. The van der Waals surface area contributed by atoms with Crippen molar-refractivity contribution in [2.24, 2.45) is 11.7 Å². The van der Waals surface area contributed by atoms with E-state index < -0.39 is 24.3 Å². The Morgan fingerprint density at radius 3 is 2.07 bits per heavy atom. The number of halogens is 6. The SMILES string of the molecule is CN(C)C(CN)C1COc2c(cccc2C2CCCCC2)-c2cc3ccccc3n2C1.O=C(O)C(F)(F)F.O=C(O)C(F)(F)F. The van der Waals surface area contributed by atoms with Crippen LogP contribution in [-0.2, 0) is 16.1 Å². The molecule has 0 spiro atoms. The Labute approximate surface area is 256 Å². The summed E-state index contributed by atoms with van der Waals surface area (Å²) in [7, 11) is 4.26. The molecule has 0 saturated heterocycles. The van der Waals surface area contributed by atoms with Gasteiger partial charge in [-0.2, -0.15) is 26.3 Å². The van der Waals surface area contributed by atoms with Gasteiger partial charge in [-0.15, -0.1) is 0 Å². The van der Waals surface area contributed by atoms with Crippen LogP contribution in [0.3, 0.4) is 0 Å². The topological polar surface area (TPSA) is 118 Å². The molecule has 14 heteroatoms. The third-order valence-corrected chi connectivity index (χ3v) is 7.97. The van der Waals surface area contributed by atoms with E-state index in [2.05, 4.69) is 72.1 Å². The summed E-state index contributed by atoms with van der Waals surface area (Å²) < 4.78 is 72.7. The van der Waals surface area contributed by atoms with Crippen molar-refractivity contribution < 1.29 is 50.9 Å². The van der Waals surface area contributed by atoms with Crippen LogP contribution >= 0.6 is 0 Å². The van der Waals surface area contributed by atoms with Crippen LogP contribution < -0.4 is 10.5 Å². The van der Waals surface area contributed by atoms with E-state index in [9.17, 15) is 26.3 Å². The molecule has 1 aliphatic carbocycles. The van der Waals surface area contributed by atoms with Crippen molar-refractivity contribution in [1.82, 2.24) is 9.47 Å². The first kappa shape index (κ1) is 35.7. The second-order valence-electron chi connectivity index (χ2n) is 11.2. The second-order valence-corrected chi connectivity index (χ2v) is 11.2. The van der Waals surface area contributed by atoms with E-state index in [1.54, 1.807) is 0 Å². The minimum absolute atomic E-state index is 0.275. The summed E-state index contributed by atoms with van der Waals surface area (Å²) in [6.45, 7) is 2.24. The first-order valence-electron chi connectivity index (χ1n) is 14.4. The normalized spacial score (nSPS) is 17.7. The molecule has 1 saturated carbocycles. The van der Waals surface area contributed by atoms with Gasteiger partial charge in [-0.05, 0) is 56.6 Å². The molecule has 1 aliphatic heterocycles. The van der Waals surface area contributed by atoms with Gasteiger partial charge in [-0.3, -0.25) is 0 Å². The number of nitrogens with two attached hydrogens (primary N) is 1. The molecular weight excluding hydrogens is 608 g/mol. The molecule has 0 amide bonds. The number of hydrogen-bond acceptors (Lipinski definition) is 5. The van der Waals surface area contributed by atoms with E-state index in [1.165, 1.54) is 59.8 Å². The molecule has 1 aromatic heterocycles. The average molecular weight is 646 g/mol. The van der Waals surface area contributed by atoms with Gasteiger partial charge in [0, 0.05) is 41.5 Å². The summed E-state index contributed by atoms with van der Waals surface area (Å²) in [6, 6.07) is 18.2. The number of aromatic nitrogens is 1. The van der Waals surface area contributed by atoms with E-state index in [1.807, 2.05) is 0 Å². The number of para-hydroxylation sites is 2. The van der Waals surface area contributed by atoms with Crippen LogP contribution in [0.4, 0.5) is 26.3 Å². The van der Waals surface area contributed by atoms with Gasteiger partial charge in [0.25, 0.3) is 0 Å². The van der Waals surface area contributed by atoms with Crippen molar-refractivity contribution in [1.29, 1.82) is 0 Å². The van der Waals surface area contributed by atoms with E-state index in [0.717, 1.165) is 12.3 Å². The molecule has 8 nitrogen and oxygen atoms in total. The molecule has 0 radical (unpaired) electrons. The Hall–Kier alpha value is -3.78. The van der Waals surface area contributed by atoms with Crippen molar-refractivity contribution in [2.45, 2.75) is 63.0 Å². The van der Waals surface area contributed by atoms with Crippen molar-refractivity contribution in [3.8, 4) is 17.0 Å². The molecule has 2 aliphatic rings. The van der Waals surface area contributed by atoms with E-state index >= 15 is 0 Å². The van der Waals surface area contributed by atoms with Crippen molar-refractivity contribution in [3.63, 3.8) is 0 Å². The zero-order chi connectivity index (χ0) is 33.5. The van der Waals surface area contributed by atoms with Gasteiger partial charge in [0.05, 0.1) is 12.3 Å². The predicted octanol–water partition coefficient (Wildman–Crippen LogP) is 6.52. The first-order valence-corrected chi connectivity index (χ1v) is 14.4. The third kappa shape index (κ3) is 9.13. The maximum Gasteiger partial charge on any atom is 0.490 e. The first-order chi connectivity index (χ1) is 21.1. The monoisotopic (exact) mass is 645 g/mol. The Balaban J connectivity index is 0.000000331. The lowest BCUT2D eigenvalue weighted by Crippen LogP contribution is -2.45. The minimum Gasteiger partial charge on any atom is -0.492 e. The zero-order valence-electron chi connectivity index (χ0n) is 24.9. The van der Waals surface area contributed by atoms with Crippen LogP contribution in [0.1, 0.15) is 43.6 Å². The molecule has 3 aromatic rings. The van der Waals surface area contributed by atoms with Gasteiger partial charge < -0.3 is 30.2 Å². The highest BCUT2D eigenvalue weighted by Crippen LogP contribution is 2.44. The smallest absolute Gasteiger partial charge is 0.490 e. The van der Waals surface area contributed by atoms with Gasteiger partial charge in [0.15, 0.2) is 0 Å². The standard InChI is InChI=1S/C27H35N3O.2C2HF3O2/c1-29(2)26(16-28)21-17-30-24-14-7-6-11-20(24)15-25(30)23-13-8-12-22(27(23)31-18-21)19-9-4-3-5-10-19;2*3-2(4,5)1(6)7/h6-8,11-15,19,21,26H,3-5,9-10,16-18,28H2,1-2H3;2*(H,6,7). The number of nitrogens with zero attached hydrogens (tertiary/aromatic N) is 2. The lowest BCUT2D eigenvalue weighted by Gasteiger charge is -2.35. The van der Waals surface area contributed by atoms with Gasteiger partial charge >= 0.3 is 24.3 Å². The number of ether oxygens (including phenoxy) is 1. The lowest BCUT2D eigenvalue weighted by molar-refractivity contribution is -0.193. The number of alkyl halides is 6. The molecule has 2 heterocycles. The van der Waals surface area contributed by atoms with Gasteiger partial charge in [-0.1, -0.05) is 49.6 Å². The van der Waals surface area contributed by atoms with Crippen molar-refractivity contribution >= 4 is 22.8 Å². The minimum atomic E-state index is -5.08. The Bertz CT molecular complexity index is 1420. The number of hydrogen-bond donors (Lipinski definition) is 3. The Kier molecular flexibility index (Phi) is 11.9. The van der Waals surface area contributed by atoms with Crippen LogP contribution in [0.15, 0.2) is 48.5 Å². The Morgan fingerprint density at radius 1 is 0.956 bits per heavy atom. The lowest BCUT2D eigenvalue weighted by atomic mass is 9.82. The van der Waals surface area contributed by atoms with Gasteiger partial charge in [0.2, 0.25) is 0 Å². The van der Waals surface area contributed by atoms with E-state index in [0.29, 0.717) is 25.0 Å². The van der Waals surface area contributed by atoms with Crippen molar-refractivity contribution in [2.75, 3.05) is 27.2 Å². The number of fused-ring (bicyclic) bond motifs is 5. The summed E-state index contributed by atoms with van der Waals surface area (Å²) in [5, 5.41) is 15.5. The predicted molar refractivity (Wildman–Crippen MR) is 156 cm³/mol. The highest BCUT2D eigenvalue weighted by Gasteiger charge is 2.39. The van der Waals surface area contributed by atoms with Crippen LogP contribution in [0.2, 0.25) is 0 Å². The molecule has 2 atom stereocenters. The average Bonchev–Trinajstić information content (AvgIpc) is 3.32. The molecule has 5 rings (SSSR count). The third-order valence-electron chi connectivity index (χ3n) is 7.97. The molecule has 1 fully saturated rings. The van der Waals surface area contributed by atoms with Crippen LogP contribution in [0, 0.1) is 5.92 Å². The van der Waals surface area contributed by atoms with E-state index in [-0.39, 0.29) is 6.04 Å². The number of likely N-dealkylation sites (N-methyl/N-ethyl adjacent to an activating group) is 1. The fourth-order valence-corrected chi connectivity index (χ4v) is 5.82. The zero-order valence-corrected chi connectivity index (χ0v) is 24.9. The Morgan fingerprint density at radius 2 is 1.53 bits per heavy atom. The number of carbonyl (C=O) groups is 2. The molecule has 248 valence electrons. The fraction of sp³-hybridized carbons (Fsp3) is 0.484. The summed E-state index contributed by atoms with van der Waals surface area (Å²) >= 11 is 0. The quantitative estimate of drug-likeness (QED) is 0.277. The summed E-state index contributed by atoms with van der Waals surface area (Å²) in [4.78, 5) is 20.1. The molecule has 0 bridgehead atoms. The number of carboxylic acids is 2. The number of benzene rings is 2. The summed E-state index contributed by atoms with van der Waals surface area (Å²) in [5.74, 6) is -3.47. The number of rotatable bonds is 4. The molecule has 2 unspecified atom stereocenters. The van der Waals surface area contributed by atoms with Crippen LogP contribution in [-0.4, -0.2) is 77.3 Å². The molecule has 4 N–H and O–H groups in total. The van der Waals surface area contributed by atoms with Gasteiger partial charge in [0.1, 0.15) is 5.75 Å². The van der Waals surface area contributed by atoms with Crippen LogP contribution in [0.25, 0.3) is 22.2 Å². The van der Waals surface area contributed by atoms with Gasteiger partial charge in [-0.25, -0.2) is 9.59 Å². The molecule has 45 heavy (non-hydrogen) atoms. The summed E-state index contributed by atoms with van der Waals surface area (Å²) in [6.07, 6.45) is -3.60.